The molecule has 59 heavy (non-hydrogen) atoms. The van der Waals surface area contributed by atoms with Crippen molar-refractivity contribution in [1.82, 2.24) is 0 Å². The van der Waals surface area contributed by atoms with Crippen LogP contribution >= 0.6 is 0 Å². The van der Waals surface area contributed by atoms with Gasteiger partial charge in [0, 0.05) is 19.3 Å². The zero-order valence-electron chi connectivity index (χ0n) is 39.3. The normalized spacial score (nSPS) is 12.3. The van der Waals surface area contributed by atoms with Crippen LogP contribution in [-0.4, -0.2) is 37.2 Å². The lowest BCUT2D eigenvalue weighted by Gasteiger charge is -2.18. The molecule has 0 N–H and O–H groups in total. The molecule has 0 rings (SSSR count). The maximum absolute atomic E-state index is 12.8. The number of carbonyl (C=O) groups is 3. The van der Waals surface area contributed by atoms with Gasteiger partial charge in [-0.2, -0.15) is 0 Å². The Hall–Kier alpha value is -2.37. The van der Waals surface area contributed by atoms with Gasteiger partial charge in [-0.05, 0) is 64.2 Å². The predicted molar refractivity (Wildman–Crippen MR) is 252 cm³/mol. The first-order valence-corrected chi connectivity index (χ1v) is 25.5. The van der Waals surface area contributed by atoms with Gasteiger partial charge in [0.05, 0.1) is 0 Å². The van der Waals surface area contributed by atoms with Crippen LogP contribution in [-0.2, 0) is 28.6 Å². The van der Waals surface area contributed by atoms with Gasteiger partial charge in [-0.3, -0.25) is 14.4 Å². The van der Waals surface area contributed by atoms with E-state index in [1.54, 1.807) is 0 Å². The average Bonchev–Trinajstić information content (AvgIpc) is 3.23. The van der Waals surface area contributed by atoms with E-state index in [9.17, 15) is 14.4 Å². The van der Waals surface area contributed by atoms with Gasteiger partial charge in [0.25, 0.3) is 0 Å². The smallest absolute Gasteiger partial charge is 0.306 e. The van der Waals surface area contributed by atoms with Gasteiger partial charge in [-0.1, -0.05) is 218 Å². The Balaban J connectivity index is 4.39. The molecule has 0 aromatic rings. The molecule has 6 nitrogen and oxygen atoms in total. The third-order valence-electron chi connectivity index (χ3n) is 11.1. The van der Waals surface area contributed by atoms with E-state index in [2.05, 4.69) is 57.2 Å². The van der Waals surface area contributed by atoms with Gasteiger partial charge >= 0.3 is 17.9 Å². The maximum Gasteiger partial charge on any atom is 0.306 e. The van der Waals surface area contributed by atoms with E-state index in [1.807, 2.05) is 0 Å². The monoisotopic (exact) mass is 829 g/mol. The van der Waals surface area contributed by atoms with Crippen molar-refractivity contribution in [2.24, 2.45) is 0 Å². The Morgan fingerprint density at radius 3 is 1.02 bits per heavy atom. The summed E-state index contributed by atoms with van der Waals surface area (Å²) in [7, 11) is 0. The van der Waals surface area contributed by atoms with Crippen molar-refractivity contribution in [3.8, 4) is 0 Å². The molecule has 1 unspecified atom stereocenters. The minimum Gasteiger partial charge on any atom is -0.462 e. The van der Waals surface area contributed by atoms with E-state index in [4.69, 9.17) is 14.2 Å². The van der Waals surface area contributed by atoms with Crippen LogP contribution < -0.4 is 0 Å². The highest BCUT2D eigenvalue weighted by Crippen LogP contribution is 2.15. The second-order valence-electron chi connectivity index (χ2n) is 17.1. The van der Waals surface area contributed by atoms with Gasteiger partial charge in [0.15, 0.2) is 6.10 Å². The largest absolute Gasteiger partial charge is 0.462 e. The zero-order chi connectivity index (χ0) is 43.0. The lowest BCUT2D eigenvalue weighted by molar-refractivity contribution is -0.167. The summed E-state index contributed by atoms with van der Waals surface area (Å²) in [5.41, 5.74) is 0. The van der Waals surface area contributed by atoms with E-state index in [1.165, 1.54) is 148 Å². The first-order chi connectivity index (χ1) is 29.0. The number of hydrogen-bond acceptors (Lipinski definition) is 6. The summed E-state index contributed by atoms with van der Waals surface area (Å²) in [6.45, 7) is 6.58. The van der Waals surface area contributed by atoms with Crippen molar-refractivity contribution in [1.29, 1.82) is 0 Å². The van der Waals surface area contributed by atoms with Gasteiger partial charge in [-0.25, -0.2) is 0 Å². The summed E-state index contributed by atoms with van der Waals surface area (Å²) >= 11 is 0. The number of esters is 3. The number of carbonyl (C=O) groups excluding carboxylic acids is 3. The quantitative estimate of drug-likeness (QED) is 0.0200. The van der Waals surface area contributed by atoms with E-state index in [0.717, 1.165) is 77.0 Å². The lowest BCUT2D eigenvalue weighted by Crippen LogP contribution is -2.30. The van der Waals surface area contributed by atoms with Crippen LogP contribution in [0.1, 0.15) is 265 Å². The second kappa shape index (κ2) is 48.3. The molecule has 0 saturated heterocycles. The summed E-state index contributed by atoms with van der Waals surface area (Å²) in [4.78, 5) is 37.9. The van der Waals surface area contributed by atoms with Crippen LogP contribution in [0.2, 0.25) is 0 Å². The minimum atomic E-state index is -0.781. The number of allylic oxidation sites excluding steroid dienone is 6. The van der Waals surface area contributed by atoms with Crippen LogP contribution in [0.5, 0.6) is 0 Å². The Morgan fingerprint density at radius 1 is 0.339 bits per heavy atom. The first-order valence-electron chi connectivity index (χ1n) is 25.5. The molecule has 0 aliphatic carbocycles. The summed E-state index contributed by atoms with van der Waals surface area (Å²) in [5, 5.41) is 0. The second-order valence-corrected chi connectivity index (χ2v) is 17.1. The van der Waals surface area contributed by atoms with E-state index in [0.29, 0.717) is 19.3 Å². The standard InChI is InChI=1S/C53H96O6/c1-4-7-10-13-16-19-22-24-26-27-29-31-34-37-40-43-46-52(55)58-49-50(48-57-51(54)45-42-39-36-33-30-21-18-15-12-9-6-3)59-53(56)47-44-41-38-35-32-28-25-23-20-17-14-11-8-5-2/h15,18,26-27,29,31,50H,4-14,16-17,19-25,28,30,32-49H2,1-3H3/b18-15-,27-26-,31-29-. The summed E-state index contributed by atoms with van der Waals surface area (Å²) in [5.74, 6) is -0.910. The van der Waals surface area contributed by atoms with Crippen molar-refractivity contribution in [3.63, 3.8) is 0 Å². The Kier molecular flexibility index (Phi) is 46.4. The SMILES string of the molecule is CCCC/C=C\CCCCCCCC(=O)OCC(COC(=O)CCCCC/C=C\C=C/CCCCCCCCC)OC(=O)CCCCCCCCCCCCCCCC. The zero-order valence-corrected chi connectivity index (χ0v) is 39.3. The van der Waals surface area contributed by atoms with Crippen molar-refractivity contribution < 1.29 is 28.6 Å². The van der Waals surface area contributed by atoms with E-state index < -0.39 is 6.10 Å². The molecule has 0 aromatic heterocycles. The summed E-state index contributed by atoms with van der Waals surface area (Å²) < 4.78 is 16.7. The molecule has 0 spiro atoms. The van der Waals surface area contributed by atoms with Gasteiger partial charge in [0.1, 0.15) is 13.2 Å². The fourth-order valence-corrected chi connectivity index (χ4v) is 7.24. The van der Waals surface area contributed by atoms with Crippen LogP contribution in [0.3, 0.4) is 0 Å². The Labute approximate surface area is 365 Å². The highest BCUT2D eigenvalue weighted by molar-refractivity contribution is 5.71. The molecule has 0 heterocycles. The number of rotatable bonds is 46. The van der Waals surface area contributed by atoms with Crippen molar-refractivity contribution >= 4 is 17.9 Å². The minimum absolute atomic E-state index is 0.0826. The molecular weight excluding hydrogens is 733 g/mol. The Bertz CT molecular complexity index is 1000. The molecule has 0 aliphatic heterocycles. The highest BCUT2D eigenvalue weighted by Gasteiger charge is 2.19. The molecule has 0 fully saturated rings. The van der Waals surface area contributed by atoms with Crippen LogP contribution in [0.15, 0.2) is 36.5 Å². The van der Waals surface area contributed by atoms with Gasteiger partial charge in [0.2, 0.25) is 0 Å². The predicted octanol–water partition coefficient (Wildman–Crippen LogP) is 16.5. The van der Waals surface area contributed by atoms with Crippen molar-refractivity contribution in [2.75, 3.05) is 13.2 Å². The highest BCUT2D eigenvalue weighted by atomic mass is 16.6. The van der Waals surface area contributed by atoms with Crippen LogP contribution in [0.4, 0.5) is 0 Å². The fraction of sp³-hybridized carbons (Fsp3) is 0.830. The first kappa shape index (κ1) is 56.6. The molecule has 0 bridgehead atoms. The third kappa shape index (κ3) is 46.5. The van der Waals surface area contributed by atoms with E-state index in [-0.39, 0.29) is 31.1 Å². The number of ether oxygens (including phenoxy) is 3. The number of hydrogen-bond donors (Lipinski definition) is 0. The molecule has 0 radical (unpaired) electrons. The molecule has 0 amide bonds. The fourth-order valence-electron chi connectivity index (χ4n) is 7.24. The molecule has 6 heteroatoms. The number of unbranched alkanes of at least 4 members (excludes halogenated alkanes) is 30. The lowest BCUT2D eigenvalue weighted by atomic mass is 10.0. The molecule has 0 saturated carbocycles. The topological polar surface area (TPSA) is 78.9 Å². The van der Waals surface area contributed by atoms with Gasteiger partial charge in [-0.15, -0.1) is 0 Å². The third-order valence-corrected chi connectivity index (χ3v) is 11.1. The molecule has 0 aromatic carbocycles. The van der Waals surface area contributed by atoms with Crippen molar-refractivity contribution in [2.45, 2.75) is 271 Å². The molecule has 1 atom stereocenters. The summed E-state index contributed by atoms with van der Waals surface area (Å²) in [6.07, 6.45) is 55.5. The van der Waals surface area contributed by atoms with E-state index >= 15 is 0 Å². The molecule has 344 valence electrons. The average molecular weight is 829 g/mol. The maximum atomic E-state index is 12.8. The van der Waals surface area contributed by atoms with Crippen LogP contribution in [0.25, 0.3) is 0 Å². The van der Waals surface area contributed by atoms with Crippen molar-refractivity contribution in [3.05, 3.63) is 36.5 Å². The Morgan fingerprint density at radius 2 is 0.627 bits per heavy atom. The van der Waals surface area contributed by atoms with Gasteiger partial charge < -0.3 is 14.2 Å². The molecule has 0 aliphatic rings. The summed E-state index contributed by atoms with van der Waals surface area (Å²) in [6, 6.07) is 0. The molecular formula is C53H96O6. The van der Waals surface area contributed by atoms with Crippen LogP contribution in [0, 0.1) is 0 Å².